The van der Waals surface area contributed by atoms with Gasteiger partial charge in [0.2, 0.25) is 5.82 Å². The highest BCUT2D eigenvalue weighted by atomic mass is 19.2. The van der Waals surface area contributed by atoms with Gasteiger partial charge in [-0.05, 0) is 12.8 Å². The molecule has 1 aromatic carbocycles. The van der Waals surface area contributed by atoms with Crippen molar-refractivity contribution in [2.75, 3.05) is 11.9 Å². The molecule has 1 aliphatic rings. The zero-order valence-corrected chi connectivity index (χ0v) is 11.9. The van der Waals surface area contributed by atoms with Crippen LogP contribution in [0.15, 0.2) is 0 Å². The summed E-state index contributed by atoms with van der Waals surface area (Å²) >= 11 is 0. The van der Waals surface area contributed by atoms with E-state index in [0.29, 0.717) is 13.0 Å². The number of amides is 2. The predicted octanol–water partition coefficient (Wildman–Crippen LogP) is 1.89. The van der Waals surface area contributed by atoms with Crippen LogP contribution in [0.2, 0.25) is 0 Å². The molecule has 1 fully saturated rings. The number of carbonyl (C=O) groups excluding carboxylic acids is 2. The lowest BCUT2D eigenvalue weighted by Crippen LogP contribution is -2.39. The maximum Gasteiger partial charge on any atom is 0.333 e. The number of hydroxylamine groups is 1. The third-order valence-electron chi connectivity index (χ3n) is 3.08. The molecule has 1 saturated heterocycles. The zero-order valence-electron chi connectivity index (χ0n) is 11.9. The Morgan fingerprint density at radius 1 is 0.917 bits per heavy atom. The van der Waals surface area contributed by atoms with Crippen LogP contribution in [-0.2, 0) is 19.2 Å². The maximum atomic E-state index is 13.4. The Kier molecular flexibility index (Phi) is 5.67. The van der Waals surface area contributed by atoms with Gasteiger partial charge in [-0.1, -0.05) is 0 Å². The lowest BCUT2D eigenvalue weighted by Gasteiger charge is -2.21. The summed E-state index contributed by atoms with van der Waals surface area (Å²) in [6.45, 7) is 0.386. The van der Waals surface area contributed by atoms with Crippen molar-refractivity contribution in [1.82, 2.24) is 5.48 Å². The molecule has 132 valence electrons. The summed E-state index contributed by atoms with van der Waals surface area (Å²) in [5.41, 5.74) is 0.0310. The smallest absolute Gasteiger partial charge is 0.333 e. The van der Waals surface area contributed by atoms with Gasteiger partial charge in [-0.25, -0.2) is 32.3 Å². The van der Waals surface area contributed by atoms with Crippen LogP contribution >= 0.6 is 0 Å². The highest BCUT2D eigenvalue weighted by Crippen LogP contribution is 2.27. The van der Waals surface area contributed by atoms with Gasteiger partial charge in [0.1, 0.15) is 5.69 Å². The number of benzene rings is 1. The molecule has 0 saturated carbocycles. The number of anilines is 1. The van der Waals surface area contributed by atoms with E-state index in [9.17, 15) is 31.5 Å². The minimum Gasteiger partial charge on any atom is -0.350 e. The van der Waals surface area contributed by atoms with E-state index in [2.05, 4.69) is 0 Å². The molecule has 11 heteroatoms. The molecule has 0 bridgehead atoms. The molecule has 0 spiro atoms. The largest absolute Gasteiger partial charge is 0.350 e. The van der Waals surface area contributed by atoms with E-state index in [0.717, 1.165) is 12.8 Å². The lowest BCUT2D eigenvalue weighted by atomic mass is 10.2. The Labute approximate surface area is 131 Å². The molecule has 0 aliphatic carbocycles. The standard InChI is InChI=1S/C13H11F5N2O4/c14-6-7(15)9(17)11(10(18)8(6)16)19-12(21)13(22)20-24-5-3-1-2-4-23-5/h5H,1-4H2,(H,19,21)(H,20,22)/t5-/m1/s1. The molecule has 24 heavy (non-hydrogen) atoms. The third-order valence-corrected chi connectivity index (χ3v) is 3.08. The van der Waals surface area contributed by atoms with E-state index in [1.165, 1.54) is 5.32 Å². The second kappa shape index (κ2) is 7.53. The maximum absolute atomic E-state index is 13.4. The Morgan fingerprint density at radius 2 is 1.50 bits per heavy atom. The summed E-state index contributed by atoms with van der Waals surface area (Å²) < 4.78 is 70.7. The van der Waals surface area contributed by atoms with Crippen molar-refractivity contribution >= 4 is 17.5 Å². The summed E-state index contributed by atoms with van der Waals surface area (Å²) in [6.07, 6.45) is 1.20. The third kappa shape index (κ3) is 3.79. The number of halogens is 5. The molecule has 2 amide bonds. The van der Waals surface area contributed by atoms with Crippen molar-refractivity contribution in [3.63, 3.8) is 0 Å². The normalized spacial score (nSPS) is 17.5. The van der Waals surface area contributed by atoms with Gasteiger partial charge in [0.15, 0.2) is 29.6 Å². The van der Waals surface area contributed by atoms with Crippen LogP contribution in [0.4, 0.5) is 27.6 Å². The van der Waals surface area contributed by atoms with Crippen molar-refractivity contribution in [2.24, 2.45) is 0 Å². The van der Waals surface area contributed by atoms with Crippen LogP contribution in [0.25, 0.3) is 0 Å². The van der Waals surface area contributed by atoms with E-state index < -0.39 is 52.9 Å². The van der Waals surface area contributed by atoms with Crippen molar-refractivity contribution in [2.45, 2.75) is 25.6 Å². The number of carbonyl (C=O) groups is 2. The number of ether oxygens (including phenoxy) is 1. The van der Waals surface area contributed by atoms with E-state index in [1.54, 1.807) is 5.48 Å². The topological polar surface area (TPSA) is 76.7 Å². The molecule has 1 atom stereocenters. The first-order chi connectivity index (χ1) is 11.3. The molecule has 6 nitrogen and oxygen atoms in total. The number of hydrogen-bond donors (Lipinski definition) is 2. The van der Waals surface area contributed by atoms with Crippen LogP contribution in [0.1, 0.15) is 19.3 Å². The van der Waals surface area contributed by atoms with Gasteiger partial charge in [-0.2, -0.15) is 0 Å². The Morgan fingerprint density at radius 3 is 2.04 bits per heavy atom. The molecule has 0 aromatic heterocycles. The lowest BCUT2D eigenvalue weighted by molar-refractivity contribution is -0.200. The number of rotatable bonds is 3. The molecular weight excluding hydrogens is 343 g/mol. The SMILES string of the molecule is O=C(NO[C@@H]1CCCCO1)C(=O)Nc1c(F)c(F)c(F)c(F)c1F. The van der Waals surface area contributed by atoms with Gasteiger partial charge in [-0.15, -0.1) is 0 Å². The van der Waals surface area contributed by atoms with Crippen LogP contribution in [0.5, 0.6) is 0 Å². The second-order valence-electron chi connectivity index (χ2n) is 4.74. The van der Waals surface area contributed by atoms with Gasteiger partial charge in [0, 0.05) is 13.0 Å². The fraction of sp³-hybridized carbons (Fsp3) is 0.385. The fourth-order valence-corrected chi connectivity index (χ4v) is 1.85. The molecule has 2 N–H and O–H groups in total. The summed E-state index contributed by atoms with van der Waals surface area (Å²) in [6, 6.07) is 0. The van der Waals surface area contributed by atoms with Crippen molar-refractivity contribution in [3.05, 3.63) is 29.1 Å². The van der Waals surface area contributed by atoms with E-state index in [4.69, 9.17) is 9.57 Å². The van der Waals surface area contributed by atoms with E-state index in [1.807, 2.05) is 0 Å². The van der Waals surface area contributed by atoms with E-state index >= 15 is 0 Å². The van der Waals surface area contributed by atoms with Gasteiger partial charge in [-0.3, -0.25) is 9.59 Å². The predicted molar refractivity (Wildman–Crippen MR) is 67.7 cm³/mol. The highest BCUT2D eigenvalue weighted by Gasteiger charge is 2.28. The van der Waals surface area contributed by atoms with Crippen molar-refractivity contribution in [3.8, 4) is 0 Å². The van der Waals surface area contributed by atoms with Crippen molar-refractivity contribution < 1.29 is 41.1 Å². The molecule has 1 aromatic rings. The van der Waals surface area contributed by atoms with Crippen LogP contribution in [0, 0.1) is 29.1 Å². The number of hydrogen-bond acceptors (Lipinski definition) is 4. The zero-order chi connectivity index (χ0) is 17.9. The monoisotopic (exact) mass is 354 g/mol. The second-order valence-corrected chi connectivity index (χ2v) is 4.74. The van der Waals surface area contributed by atoms with Gasteiger partial charge >= 0.3 is 11.8 Å². The average Bonchev–Trinajstić information content (AvgIpc) is 2.60. The Hall–Kier alpha value is -2.27. The first-order valence-corrected chi connectivity index (χ1v) is 6.73. The summed E-state index contributed by atoms with van der Waals surface area (Å²) in [5.74, 6) is -14.6. The van der Waals surface area contributed by atoms with Gasteiger partial charge < -0.3 is 10.1 Å². The fourth-order valence-electron chi connectivity index (χ4n) is 1.85. The quantitative estimate of drug-likeness (QED) is 0.286. The summed E-state index contributed by atoms with van der Waals surface area (Å²) in [4.78, 5) is 27.7. The van der Waals surface area contributed by atoms with Crippen molar-refractivity contribution in [1.29, 1.82) is 0 Å². The minimum atomic E-state index is -2.38. The van der Waals surface area contributed by atoms with Gasteiger partial charge in [0.05, 0.1) is 0 Å². The molecular formula is C13H11F5N2O4. The summed E-state index contributed by atoms with van der Waals surface area (Å²) in [5, 5.41) is 1.31. The van der Waals surface area contributed by atoms with Crippen LogP contribution in [-0.4, -0.2) is 24.7 Å². The van der Waals surface area contributed by atoms with Gasteiger partial charge in [0.25, 0.3) is 0 Å². The minimum absolute atomic E-state index is 0.386. The molecule has 2 rings (SSSR count). The van der Waals surface area contributed by atoms with E-state index in [-0.39, 0.29) is 0 Å². The highest BCUT2D eigenvalue weighted by molar-refractivity contribution is 6.39. The average molecular weight is 354 g/mol. The van der Waals surface area contributed by atoms with Crippen LogP contribution in [0.3, 0.4) is 0 Å². The van der Waals surface area contributed by atoms with Crippen LogP contribution < -0.4 is 10.8 Å². The Bertz CT molecular complexity index is 635. The molecule has 0 radical (unpaired) electrons. The molecule has 1 heterocycles. The molecule has 1 aliphatic heterocycles. The number of nitrogens with one attached hydrogen (secondary N) is 2. The first-order valence-electron chi connectivity index (χ1n) is 6.73. The Balaban J connectivity index is 2.02. The summed E-state index contributed by atoms with van der Waals surface area (Å²) in [7, 11) is 0. The first kappa shape index (κ1) is 18.1. The molecule has 0 unspecified atom stereocenters.